The number of ether oxygens (including phenoxy) is 3. The molecule has 7 heteroatoms. The summed E-state index contributed by atoms with van der Waals surface area (Å²) in [5, 5.41) is 0. The molecule has 132 valence electrons. The maximum Gasteiger partial charge on any atom is 0.333 e. The van der Waals surface area contributed by atoms with Crippen LogP contribution in [0.1, 0.15) is 24.2 Å². The molecule has 0 amide bonds. The fourth-order valence-corrected chi connectivity index (χ4v) is 2.16. The Hall–Kier alpha value is -2.70. The summed E-state index contributed by atoms with van der Waals surface area (Å²) in [6, 6.07) is 1.58. The van der Waals surface area contributed by atoms with Gasteiger partial charge in [0.15, 0.2) is 11.5 Å². The molecule has 7 nitrogen and oxygen atoms in total. The molecule has 0 aromatic heterocycles. The fourth-order valence-electron chi connectivity index (χ4n) is 2.16. The fraction of sp³-hybridized carbons (Fsp3) is 0.412. The van der Waals surface area contributed by atoms with E-state index in [1.807, 2.05) is 0 Å². The number of hydrogen-bond acceptors (Lipinski definition) is 7. The van der Waals surface area contributed by atoms with Gasteiger partial charge in [0.05, 0.1) is 26.5 Å². The third kappa shape index (κ3) is 4.18. The number of carbonyl (C=O) groups is 2. The number of likely N-dealkylation sites (N-methyl/N-ethyl adjacent to an activating group) is 1. The van der Waals surface area contributed by atoms with Crippen LogP contribution in [0.2, 0.25) is 0 Å². The van der Waals surface area contributed by atoms with Gasteiger partial charge in [0.25, 0.3) is 0 Å². The Labute approximate surface area is 142 Å². The van der Waals surface area contributed by atoms with Gasteiger partial charge >= 0.3 is 5.97 Å². The Balaban J connectivity index is 3.12. The third-order valence-electron chi connectivity index (χ3n) is 3.45. The van der Waals surface area contributed by atoms with Crippen LogP contribution in [0, 0.1) is 0 Å². The summed E-state index contributed by atoms with van der Waals surface area (Å²) in [6.07, 6.45) is 0. The highest BCUT2D eigenvalue weighted by atomic mass is 16.5. The summed E-state index contributed by atoms with van der Waals surface area (Å²) in [5.41, 5.74) is 7.53. The van der Waals surface area contributed by atoms with E-state index in [1.165, 1.54) is 21.1 Å². The van der Waals surface area contributed by atoms with Crippen LogP contribution in [0.4, 0.5) is 11.4 Å². The van der Waals surface area contributed by atoms with Gasteiger partial charge < -0.3 is 24.8 Å². The number of esters is 1. The number of hydrogen-bond donors (Lipinski definition) is 1. The molecule has 0 aliphatic rings. The molecule has 0 saturated heterocycles. The Morgan fingerprint density at radius 3 is 2.33 bits per heavy atom. The van der Waals surface area contributed by atoms with Gasteiger partial charge in [0, 0.05) is 18.2 Å². The first kappa shape index (κ1) is 19.3. The average Bonchev–Trinajstić information content (AvgIpc) is 2.53. The molecule has 2 N–H and O–H groups in total. The van der Waals surface area contributed by atoms with Crippen LogP contribution in [0.5, 0.6) is 11.5 Å². The molecular weight excluding hydrogens is 312 g/mol. The van der Waals surface area contributed by atoms with Crippen LogP contribution in [0.15, 0.2) is 18.2 Å². The van der Waals surface area contributed by atoms with E-state index in [-0.39, 0.29) is 18.1 Å². The lowest BCUT2D eigenvalue weighted by Crippen LogP contribution is -2.25. The number of rotatable bonds is 8. The van der Waals surface area contributed by atoms with E-state index in [0.717, 1.165) is 0 Å². The Kier molecular flexibility index (Phi) is 6.64. The molecule has 0 heterocycles. The van der Waals surface area contributed by atoms with E-state index in [4.69, 9.17) is 19.9 Å². The van der Waals surface area contributed by atoms with Gasteiger partial charge in [-0.3, -0.25) is 4.79 Å². The van der Waals surface area contributed by atoms with E-state index < -0.39 is 5.97 Å². The van der Waals surface area contributed by atoms with E-state index in [1.54, 1.807) is 24.9 Å². The minimum atomic E-state index is -0.450. The summed E-state index contributed by atoms with van der Waals surface area (Å²) in [5.74, 6) is 0.149. The van der Waals surface area contributed by atoms with Gasteiger partial charge in [0.1, 0.15) is 18.0 Å². The topological polar surface area (TPSA) is 91.1 Å². The van der Waals surface area contributed by atoms with E-state index in [9.17, 15) is 9.59 Å². The second-order valence-corrected chi connectivity index (χ2v) is 5.32. The number of carbonyl (C=O) groups excluding carboxylic acids is 2. The Bertz CT molecular complexity index is 655. The zero-order chi connectivity index (χ0) is 18.4. The number of Topliss-reactive ketones (excluding diaryl/α,β-unsaturated/α-hetero) is 1. The first-order chi connectivity index (χ1) is 11.2. The first-order valence-electron chi connectivity index (χ1n) is 7.33. The normalized spacial score (nSPS) is 10.0. The lowest BCUT2D eigenvalue weighted by molar-refractivity contribution is -0.138. The quantitative estimate of drug-likeness (QED) is 0.336. The molecule has 0 unspecified atom stereocenters. The number of nitrogen functional groups attached to an aromatic ring is 1. The lowest BCUT2D eigenvalue weighted by Gasteiger charge is -2.25. The molecule has 0 aliphatic carbocycles. The molecule has 0 bridgehead atoms. The first-order valence-corrected chi connectivity index (χ1v) is 7.33. The minimum Gasteiger partial charge on any atom is -0.494 e. The number of methoxy groups -OCH3 is 2. The summed E-state index contributed by atoms with van der Waals surface area (Å²) in [4.78, 5) is 24.9. The second kappa shape index (κ2) is 8.24. The molecule has 0 aliphatic heterocycles. The molecule has 0 radical (unpaired) electrons. The highest BCUT2D eigenvalue weighted by Gasteiger charge is 2.22. The van der Waals surface area contributed by atoms with Crippen molar-refractivity contribution in [2.45, 2.75) is 13.8 Å². The van der Waals surface area contributed by atoms with Gasteiger partial charge in [-0.1, -0.05) is 6.58 Å². The van der Waals surface area contributed by atoms with Crippen LogP contribution < -0.4 is 20.1 Å². The van der Waals surface area contributed by atoms with Crippen LogP contribution in [-0.4, -0.2) is 46.2 Å². The molecule has 24 heavy (non-hydrogen) atoms. The average molecular weight is 336 g/mol. The van der Waals surface area contributed by atoms with Crippen molar-refractivity contribution in [3.8, 4) is 11.5 Å². The zero-order valence-electron chi connectivity index (χ0n) is 14.8. The number of nitrogens with zero attached hydrogens (tertiary/aromatic N) is 1. The SMILES string of the molecule is C=C(C)C(=O)OCCN(C)c1c(OC)cc(C(C)=O)c(N)c1OC. The van der Waals surface area contributed by atoms with Crippen molar-refractivity contribution in [1.82, 2.24) is 0 Å². The molecular formula is C17H24N2O5. The zero-order valence-corrected chi connectivity index (χ0v) is 14.8. The van der Waals surface area contributed by atoms with Crippen molar-refractivity contribution in [2.24, 2.45) is 0 Å². The van der Waals surface area contributed by atoms with E-state index in [0.29, 0.717) is 34.9 Å². The van der Waals surface area contributed by atoms with Crippen LogP contribution in [0.3, 0.4) is 0 Å². The number of benzene rings is 1. The summed E-state index contributed by atoms with van der Waals surface area (Å²) in [7, 11) is 4.74. The van der Waals surface area contributed by atoms with Crippen molar-refractivity contribution in [3.63, 3.8) is 0 Å². The summed E-state index contributed by atoms with van der Waals surface area (Å²) in [6.45, 7) is 7.07. The van der Waals surface area contributed by atoms with Gasteiger partial charge in [0.2, 0.25) is 0 Å². The number of ketones is 1. The van der Waals surface area contributed by atoms with Crippen LogP contribution in [-0.2, 0) is 9.53 Å². The van der Waals surface area contributed by atoms with Crippen LogP contribution in [0.25, 0.3) is 0 Å². The lowest BCUT2D eigenvalue weighted by atomic mass is 10.1. The molecule has 0 atom stereocenters. The second-order valence-electron chi connectivity index (χ2n) is 5.32. The van der Waals surface area contributed by atoms with E-state index in [2.05, 4.69) is 6.58 Å². The summed E-state index contributed by atoms with van der Waals surface area (Å²) < 4.78 is 15.8. The predicted molar refractivity (Wildman–Crippen MR) is 93.0 cm³/mol. The largest absolute Gasteiger partial charge is 0.494 e. The van der Waals surface area contributed by atoms with E-state index >= 15 is 0 Å². The summed E-state index contributed by atoms with van der Waals surface area (Å²) >= 11 is 0. The molecule has 1 aromatic rings. The highest BCUT2D eigenvalue weighted by molar-refractivity contribution is 6.03. The molecule has 1 rings (SSSR count). The maximum absolute atomic E-state index is 11.7. The monoisotopic (exact) mass is 336 g/mol. The molecule has 0 saturated carbocycles. The van der Waals surface area contributed by atoms with Crippen molar-refractivity contribution < 1.29 is 23.8 Å². The minimum absolute atomic E-state index is 0.156. The maximum atomic E-state index is 11.7. The van der Waals surface area contributed by atoms with Crippen molar-refractivity contribution >= 4 is 23.1 Å². The Morgan fingerprint density at radius 1 is 1.25 bits per heavy atom. The Morgan fingerprint density at radius 2 is 1.88 bits per heavy atom. The smallest absolute Gasteiger partial charge is 0.333 e. The number of anilines is 2. The van der Waals surface area contributed by atoms with Gasteiger partial charge in [-0.2, -0.15) is 0 Å². The predicted octanol–water partition coefficient (Wildman–Crippen LogP) is 2.04. The van der Waals surface area contributed by atoms with Gasteiger partial charge in [-0.15, -0.1) is 0 Å². The molecule has 1 aromatic carbocycles. The molecule has 0 fully saturated rings. The van der Waals surface area contributed by atoms with Crippen molar-refractivity contribution in [1.29, 1.82) is 0 Å². The third-order valence-corrected chi connectivity index (χ3v) is 3.45. The van der Waals surface area contributed by atoms with Crippen molar-refractivity contribution in [2.75, 3.05) is 45.1 Å². The van der Waals surface area contributed by atoms with Gasteiger partial charge in [-0.05, 0) is 19.9 Å². The highest BCUT2D eigenvalue weighted by Crippen LogP contribution is 2.43. The number of nitrogens with two attached hydrogens (primary N) is 1. The van der Waals surface area contributed by atoms with Crippen molar-refractivity contribution in [3.05, 3.63) is 23.8 Å². The molecule has 0 spiro atoms. The van der Waals surface area contributed by atoms with Crippen LogP contribution >= 0.6 is 0 Å². The standard InChI is InChI=1S/C17H24N2O5/c1-10(2)17(21)24-8-7-19(4)15-13(22-5)9-12(11(3)20)14(18)16(15)23-6/h9H,1,7-8,18H2,2-6H3. The van der Waals surface area contributed by atoms with Gasteiger partial charge in [-0.25, -0.2) is 4.79 Å².